The van der Waals surface area contributed by atoms with Crippen molar-refractivity contribution in [1.29, 1.82) is 0 Å². The average molecular weight is 465 g/mol. The quantitative estimate of drug-likeness (QED) is 0.459. The van der Waals surface area contributed by atoms with Gasteiger partial charge in [0.15, 0.2) is 11.5 Å². The zero-order valence-electron chi connectivity index (χ0n) is 19.4. The highest BCUT2D eigenvalue weighted by molar-refractivity contribution is 7.10. The van der Waals surface area contributed by atoms with Crippen molar-refractivity contribution in [3.63, 3.8) is 0 Å². The third-order valence-electron chi connectivity index (χ3n) is 5.35. The number of hydrogen-bond acceptors (Lipinski definition) is 5. The first-order valence-corrected chi connectivity index (χ1v) is 11.4. The van der Waals surface area contributed by atoms with Crippen LogP contribution >= 0.6 is 11.3 Å². The normalized spacial score (nSPS) is 12.1. The van der Waals surface area contributed by atoms with E-state index in [0.717, 1.165) is 16.0 Å². The van der Waals surface area contributed by atoms with E-state index in [4.69, 9.17) is 9.47 Å². The van der Waals surface area contributed by atoms with Gasteiger partial charge in [0.1, 0.15) is 5.70 Å². The lowest BCUT2D eigenvalue weighted by atomic mass is 10.0. The third kappa shape index (κ3) is 6.02. The molecule has 2 aromatic carbocycles. The van der Waals surface area contributed by atoms with E-state index in [9.17, 15) is 9.59 Å². The molecule has 33 heavy (non-hydrogen) atoms. The number of carbonyl (C=O) groups is 2. The van der Waals surface area contributed by atoms with E-state index in [1.54, 1.807) is 24.3 Å². The standard InChI is InChI=1S/C26H28N2O4S/c1-16-8-9-19(13-17(16)2)18(3)27-26(30)22(15-21-7-6-12-33-21)28-25(29)20-10-11-23(31-4)24(14-20)32-5/h6-15,18H,1-5H3,(H,27,30)(H,28,29)/b22-15-/t18-/m1/s1. The summed E-state index contributed by atoms with van der Waals surface area (Å²) < 4.78 is 10.5. The van der Waals surface area contributed by atoms with E-state index in [-0.39, 0.29) is 17.6 Å². The molecule has 172 valence electrons. The summed E-state index contributed by atoms with van der Waals surface area (Å²) in [5.41, 5.74) is 3.85. The van der Waals surface area contributed by atoms with Crippen LogP contribution in [0, 0.1) is 13.8 Å². The van der Waals surface area contributed by atoms with E-state index in [1.807, 2.05) is 50.4 Å². The Labute approximate surface area is 198 Å². The van der Waals surface area contributed by atoms with Crippen molar-refractivity contribution in [2.45, 2.75) is 26.8 Å². The molecular weight excluding hydrogens is 436 g/mol. The summed E-state index contributed by atoms with van der Waals surface area (Å²) in [5, 5.41) is 7.66. The molecule has 1 heterocycles. The van der Waals surface area contributed by atoms with Gasteiger partial charge in [0, 0.05) is 10.4 Å². The van der Waals surface area contributed by atoms with Crippen LogP contribution in [-0.2, 0) is 4.79 Å². The van der Waals surface area contributed by atoms with Crippen molar-refractivity contribution in [2.24, 2.45) is 0 Å². The molecule has 0 saturated heterocycles. The second kappa shape index (κ2) is 10.8. The Kier molecular flexibility index (Phi) is 7.90. The highest BCUT2D eigenvalue weighted by Crippen LogP contribution is 2.27. The minimum absolute atomic E-state index is 0.160. The molecule has 0 fully saturated rings. The monoisotopic (exact) mass is 464 g/mol. The second-order valence-corrected chi connectivity index (χ2v) is 8.62. The Morgan fingerprint density at radius 3 is 2.36 bits per heavy atom. The predicted octanol–water partition coefficient (Wildman–Crippen LogP) is 5.03. The highest BCUT2D eigenvalue weighted by Gasteiger charge is 2.19. The van der Waals surface area contributed by atoms with Crippen molar-refractivity contribution in [3.05, 3.63) is 86.7 Å². The molecule has 0 radical (unpaired) electrons. The molecule has 0 aliphatic carbocycles. The largest absolute Gasteiger partial charge is 0.493 e. The summed E-state index contributed by atoms with van der Waals surface area (Å²) in [6, 6.07) is 14.5. The minimum atomic E-state index is -0.423. The Morgan fingerprint density at radius 2 is 1.73 bits per heavy atom. The number of hydrogen-bond donors (Lipinski definition) is 2. The summed E-state index contributed by atoms with van der Waals surface area (Å²) >= 11 is 1.48. The molecule has 3 rings (SSSR count). The molecule has 0 aliphatic heterocycles. The van der Waals surface area contributed by atoms with E-state index in [2.05, 4.69) is 16.7 Å². The van der Waals surface area contributed by atoms with Crippen molar-refractivity contribution in [2.75, 3.05) is 14.2 Å². The number of ether oxygens (including phenoxy) is 2. The molecule has 1 aromatic heterocycles. The average Bonchev–Trinajstić information content (AvgIpc) is 3.32. The molecule has 1 atom stereocenters. The molecule has 0 aliphatic rings. The number of carbonyl (C=O) groups excluding carboxylic acids is 2. The molecule has 7 heteroatoms. The number of benzene rings is 2. The number of amides is 2. The molecule has 0 unspecified atom stereocenters. The molecule has 2 N–H and O–H groups in total. The van der Waals surface area contributed by atoms with Crippen LogP contribution in [0.5, 0.6) is 11.5 Å². The number of rotatable bonds is 8. The van der Waals surface area contributed by atoms with Gasteiger partial charge in [-0.25, -0.2) is 0 Å². The lowest BCUT2D eigenvalue weighted by molar-refractivity contribution is -0.118. The number of thiophene rings is 1. The van der Waals surface area contributed by atoms with E-state index in [1.165, 1.54) is 31.1 Å². The van der Waals surface area contributed by atoms with Crippen LogP contribution < -0.4 is 20.1 Å². The van der Waals surface area contributed by atoms with Crippen LogP contribution in [0.25, 0.3) is 6.08 Å². The van der Waals surface area contributed by atoms with Crippen molar-refractivity contribution in [3.8, 4) is 11.5 Å². The zero-order chi connectivity index (χ0) is 24.0. The van der Waals surface area contributed by atoms with Crippen molar-refractivity contribution in [1.82, 2.24) is 10.6 Å². The topological polar surface area (TPSA) is 76.7 Å². The molecule has 3 aromatic rings. The van der Waals surface area contributed by atoms with Crippen LogP contribution in [0.4, 0.5) is 0 Å². The number of aryl methyl sites for hydroxylation is 2. The van der Waals surface area contributed by atoms with Crippen LogP contribution in [0.3, 0.4) is 0 Å². The smallest absolute Gasteiger partial charge is 0.268 e. The number of nitrogens with one attached hydrogen (secondary N) is 2. The van der Waals surface area contributed by atoms with Crippen LogP contribution in [-0.4, -0.2) is 26.0 Å². The Bertz CT molecular complexity index is 1170. The minimum Gasteiger partial charge on any atom is -0.493 e. The first-order chi connectivity index (χ1) is 15.8. The lowest BCUT2D eigenvalue weighted by Crippen LogP contribution is -2.36. The van der Waals surface area contributed by atoms with E-state index < -0.39 is 5.91 Å². The molecule has 6 nitrogen and oxygen atoms in total. The van der Waals surface area contributed by atoms with Crippen LogP contribution in [0.2, 0.25) is 0 Å². The molecule has 0 saturated carbocycles. The molecule has 0 bridgehead atoms. The van der Waals surface area contributed by atoms with Gasteiger partial charge in [-0.1, -0.05) is 24.3 Å². The van der Waals surface area contributed by atoms with Gasteiger partial charge < -0.3 is 20.1 Å². The van der Waals surface area contributed by atoms with Crippen molar-refractivity contribution >= 4 is 29.2 Å². The molecular formula is C26H28N2O4S. The fourth-order valence-electron chi connectivity index (χ4n) is 3.24. The summed E-state index contributed by atoms with van der Waals surface area (Å²) in [5.74, 6) is 0.154. The van der Waals surface area contributed by atoms with Gasteiger partial charge in [0.25, 0.3) is 11.8 Å². The van der Waals surface area contributed by atoms with Gasteiger partial charge in [-0.2, -0.15) is 0 Å². The summed E-state index contributed by atoms with van der Waals surface area (Å²) in [6.45, 7) is 6.01. The predicted molar refractivity (Wildman–Crippen MR) is 132 cm³/mol. The van der Waals surface area contributed by atoms with E-state index >= 15 is 0 Å². The summed E-state index contributed by atoms with van der Waals surface area (Å²) in [6.07, 6.45) is 1.67. The maximum absolute atomic E-state index is 13.2. The second-order valence-electron chi connectivity index (χ2n) is 7.64. The first-order valence-electron chi connectivity index (χ1n) is 10.5. The Morgan fingerprint density at radius 1 is 0.970 bits per heavy atom. The summed E-state index contributed by atoms with van der Waals surface area (Å²) in [7, 11) is 3.03. The zero-order valence-corrected chi connectivity index (χ0v) is 20.2. The van der Waals surface area contributed by atoms with Crippen LogP contribution in [0.1, 0.15) is 44.9 Å². The highest BCUT2D eigenvalue weighted by atomic mass is 32.1. The van der Waals surface area contributed by atoms with Gasteiger partial charge in [0.05, 0.1) is 20.3 Å². The first kappa shape index (κ1) is 24.1. The van der Waals surface area contributed by atoms with Gasteiger partial charge in [-0.05, 0) is 73.2 Å². The third-order valence-corrected chi connectivity index (χ3v) is 6.17. The van der Waals surface area contributed by atoms with Gasteiger partial charge in [-0.3, -0.25) is 9.59 Å². The van der Waals surface area contributed by atoms with Crippen LogP contribution in [0.15, 0.2) is 59.6 Å². The Hall–Kier alpha value is -3.58. The maximum Gasteiger partial charge on any atom is 0.268 e. The fourth-order valence-corrected chi connectivity index (χ4v) is 3.89. The Balaban J connectivity index is 1.83. The lowest BCUT2D eigenvalue weighted by Gasteiger charge is -2.18. The maximum atomic E-state index is 13.2. The molecule has 0 spiro atoms. The van der Waals surface area contributed by atoms with Crippen molar-refractivity contribution < 1.29 is 19.1 Å². The van der Waals surface area contributed by atoms with Gasteiger partial charge in [0.2, 0.25) is 0 Å². The summed E-state index contributed by atoms with van der Waals surface area (Å²) in [4.78, 5) is 27.0. The van der Waals surface area contributed by atoms with Gasteiger partial charge in [-0.15, -0.1) is 11.3 Å². The van der Waals surface area contributed by atoms with E-state index in [0.29, 0.717) is 17.1 Å². The fraction of sp³-hybridized carbons (Fsp3) is 0.231. The number of methoxy groups -OCH3 is 2. The molecule has 2 amide bonds. The van der Waals surface area contributed by atoms with Gasteiger partial charge >= 0.3 is 0 Å². The SMILES string of the molecule is COc1ccc(C(=O)N/C(=C\c2cccs2)C(=O)N[C@H](C)c2ccc(C)c(C)c2)cc1OC.